The highest BCUT2D eigenvalue weighted by Crippen LogP contribution is 2.38. The van der Waals surface area contributed by atoms with Gasteiger partial charge >= 0.3 is 5.97 Å². The van der Waals surface area contributed by atoms with Crippen LogP contribution in [0.4, 0.5) is 0 Å². The molecular formula is C14H28N2O2. The summed E-state index contributed by atoms with van der Waals surface area (Å²) in [4.78, 5) is 13.8. The summed E-state index contributed by atoms with van der Waals surface area (Å²) in [5.74, 6) is 0.237. The molecule has 18 heavy (non-hydrogen) atoms. The van der Waals surface area contributed by atoms with Gasteiger partial charge < -0.3 is 15.3 Å². The van der Waals surface area contributed by atoms with Crippen molar-refractivity contribution in [1.82, 2.24) is 10.2 Å². The number of rotatable bonds is 7. The molecule has 0 bridgehead atoms. The zero-order chi connectivity index (χ0) is 13.8. The molecule has 0 aromatic carbocycles. The van der Waals surface area contributed by atoms with Crippen LogP contribution in [0.15, 0.2) is 0 Å². The van der Waals surface area contributed by atoms with E-state index in [4.69, 9.17) is 0 Å². The Labute approximate surface area is 111 Å². The second-order valence-electron chi connectivity index (χ2n) is 6.06. The summed E-state index contributed by atoms with van der Waals surface area (Å²) in [5.41, 5.74) is -0.682. The van der Waals surface area contributed by atoms with Crippen molar-refractivity contribution in [1.29, 1.82) is 0 Å². The first kappa shape index (κ1) is 15.4. The molecule has 1 saturated carbocycles. The lowest BCUT2D eigenvalue weighted by Crippen LogP contribution is -2.53. The van der Waals surface area contributed by atoms with E-state index in [0.29, 0.717) is 5.92 Å². The lowest BCUT2D eigenvalue weighted by atomic mass is 9.84. The molecule has 4 heteroatoms. The number of aliphatic carboxylic acids is 1. The van der Waals surface area contributed by atoms with Crippen LogP contribution in [0.1, 0.15) is 39.5 Å². The molecule has 1 fully saturated rings. The van der Waals surface area contributed by atoms with Crippen molar-refractivity contribution >= 4 is 5.97 Å². The molecule has 1 aliphatic rings. The van der Waals surface area contributed by atoms with Crippen molar-refractivity contribution in [3.05, 3.63) is 0 Å². The Morgan fingerprint density at radius 3 is 2.72 bits per heavy atom. The average Bonchev–Trinajstić information content (AvgIpc) is 2.69. The van der Waals surface area contributed by atoms with Crippen LogP contribution in [-0.4, -0.2) is 48.7 Å². The topological polar surface area (TPSA) is 52.6 Å². The van der Waals surface area contributed by atoms with Crippen LogP contribution in [-0.2, 0) is 4.79 Å². The molecule has 2 N–H and O–H groups in total. The molecule has 0 radical (unpaired) electrons. The fraction of sp³-hybridized carbons (Fsp3) is 0.929. The van der Waals surface area contributed by atoms with Crippen molar-refractivity contribution in [3.8, 4) is 0 Å². The Balaban J connectivity index is 2.53. The van der Waals surface area contributed by atoms with Crippen LogP contribution in [0.2, 0.25) is 0 Å². The lowest BCUT2D eigenvalue weighted by Gasteiger charge is -2.32. The minimum Gasteiger partial charge on any atom is -0.480 e. The van der Waals surface area contributed by atoms with Gasteiger partial charge in [-0.15, -0.1) is 0 Å². The highest BCUT2D eigenvalue weighted by molar-refractivity contribution is 5.79. The zero-order valence-electron chi connectivity index (χ0n) is 12.2. The molecule has 0 heterocycles. The molecule has 106 valence electrons. The monoisotopic (exact) mass is 256 g/mol. The SMILES string of the molecule is CNC1(C(=O)O)CCCC1CCN(C)CC(C)C. The predicted octanol–water partition coefficient (Wildman–Crippen LogP) is 1.81. The maximum atomic E-state index is 11.5. The quantitative estimate of drug-likeness (QED) is 0.729. The predicted molar refractivity (Wildman–Crippen MR) is 73.7 cm³/mol. The number of nitrogens with one attached hydrogen (secondary N) is 1. The van der Waals surface area contributed by atoms with Gasteiger partial charge in [0.2, 0.25) is 0 Å². The molecule has 2 unspecified atom stereocenters. The largest absolute Gasteiger partial charge is 0.480 e. The number of carbonyl (C=O) groups is 1. The van der Waals surface area contributed by atoms with Gasteiger partial charge in [-0.1, -0.05) is 20.3 Å². The van der Waals surface area contributed by atoms with Gasteiger partial charge in [-0.2, -0.15) is 0 Å². The Hall–Kier alpha value is -0.610. The molecule has 0 aromatic rings. The second-order valence-corrected chi connectivity index (χ2v) is 6.06. The Kier molecular flexibility index (Phi) is 5.60. The summed E-state index contributed by atoms with van der Waals surface area (Å²) in [6.07, 6.45) is 3.78. The van der Waals surface area contributed by atoms with Gasteiger partial charge in [0.1, 0.15) is 5.54 Å². The molecule has 2 atom stereocenters. The van der Waals surface area contributed by atoms with E-state index in [1.165, 1.54) is 0 Å². The molecule has 0 aliphatic heterocycles. The summed E-state index contributed by atoms with van der Waals surface area (Å²) in [5, 5.41) is 12.5. The van der Waals surface area contributed by atoms with Crippen LogP contribution in [0.5, 0.6) is 0 Å². The molecule has 0 amide bonds. The first-order valence-corrected chi connectivity index (χ1v) is 7.03. The zero-order valence-corrected chi connectivity index (χ0v) is 12.2. The number of hydrogen-bond acceptors (Lipinski definition) is 3. The minimum absolute atomic E-state index is 0.259. The maximum absolute atomic E-state index is 11.5. The summed E-state index contributed by atoms with van der Waals surface area (Å²) < 4.78 is 0. The van der Waals surface area contributed by atoms with E-state index in [0.717, 1.165) is 38.8 Å². The van der Waals surface area contributed by atoms with E-state index < -0.39 is 11.5 Å². The van der Waals surface area contributed by atoms with Crippen molar-refractivity contribution < 1.29 is 9.90 Å². The minimum atomic E-state index is -0.682. The second kappa shape index (κ2) is 6.53. The maximum Gasteiger partial charge on any atom is 0.324 e. The highest BCUT2D eigenvalue weighted by atomic mass is 16.4. The van der Waals surface area contributed by atoms with E-state index in [9.17, 15) is 9.90 Å². The fourth-order valence-corrected chi connectivity index (χ4v) is 3.28. The number of nitrogens with zero attached hydrogens (tertiary/aromatic N) is 1. The van der Waals surface area contributed by atoms with Crippen LogP contribution < -0.4 is 5.32 Å². The van der Waals surface area contributed by atoms with Gasteiger partial charge in [-0.25, -0.2) is 0 Å². The Morgan fingerprint density at radius 2 is 2.22 bits per heavy atom. The summed E-state index contributed by atoms with van der Waals surface area (Å²) in [6, 6.07) is 0. The van der Waals surface area contributed by atoms with Gasteiger partial charge in [0.05, 0.1) is 0 Å². The third-order valence-corrected chi connectivity index (χ3v) is 4.18. The van der Waals surface area contributed by atoms with Crippen LogP contribution in [0.25, 0.3) is 0 Å². The number of likely N-dealkylation sites (N-methyl/N-ethyl adjacent to an activating group) is 1. The third-order valence-electron chi connectivity index (χ3n) is 4.18. The lowest BCUT2D eigenvalue weighted by molar-refractivity contribution is -0.146. The number of carboxylic acid groups (broad SMARTS) is 1. The Morgan fingerprint density at radius 1 is 1.56 bits per heavy atom. The van der Waals surface area contributed by atoms with E-state index in [2.05, 4.69) is 31.1 Å². The molecule has 0 aromatic heterocycles. The van der Waals surface area contributed by atoms with Crippen molar-refractivity contribution in [2.24, 2.45) is 11.8 Å². The van der Waals surface area contributed by atoms with E-state index in [-0.39, 0.29) is 5.92 Å². The Bertz CT molecular complexity index is 281. The molecule has 1 rings (SSSR count). The van der Waals surface area contributed by atoms with Crippen molar-refractivity contribution in [2.75, 3.05) is 27.2 Å². The molecule has 0 spiro atoms. The molecule has 0 saturated heterocycles. The highest BCUT2D eigenvalue weighted by Gasteiger charge is 2.47. The summed E-state index contributed by atoms with van der Waals surface area (Å²) in [6.45, 7) is 6.48. The van der Waals surface area contributed by atoms with E-state index >= 15 is 0 Å². The fourth-order valence-electron chi connectivity index (χ4n) is 3.28. The number of carboxylic acids is 1. The van der Waals surface area contributed by atoms with E-state index in [1.807, 2.05) is 0 Å². The van der Waals surface area contributed by atoms with Gasteiger partial charge in [0.25, 0.3) is 0 Å². The van der Waals surface area contributed by atoms with Gasteiger partial charge in [0, 0.05) is 6.54 Å². The first-order chi connectivity index (χ1) is 8.42. The molecule has 4 nitrogen and oxygen atoms in total. The van der Waals surface area contributed by atoms with Gasteiger partial charge in [0.15, 0.2) is 0 Å². The standard InChI is InChI=1S/C14H28N2O2/c1-11(2)10-16(4)9-7-12-6-5-8-14(12,15-3)13(17)18/h11-12,15H,5-10H2,1-4H3,(H,17,18). The first-order valence-electron chi connectivity index (χ1n) is 7.03. The van der Waals surface area contributed by atoms with Crippen LogP contribution >= 0.6 is 0 Å². The van der Waals surface area contributed by atoms with Crippen LogP contribution in [0, 0.1) is 11.8 Å². The van der Waals surface area contributed by atoms with Crippen molar-refractivity contribution in [2.45, 2.75) is 45.1 Å². The van der Waals surface area contributed by atoms with E-state index in [1.54, 1.807) is 7.05 Å². The van der Waals surface area contributed by atoms with Gasteiger partial charge in [-0.05, 0) is 51.7 Å². The molecular weight excluding hydrogens is 228 g/mol. The normalized spacial score (nSPS) is 28.2. The number of hydrogen-bond donors (Lipinski definition) is 2. The van der Waals surface area contributed by atoms with Crippen LogP contribution in [0.3, 0.4) is 0 Å². The third kappa shape index (κ3) is 3.45. The average molecular weight is 256 g/mol. The molecule has 1 aliphatic carbocycles. The van der Waals surface area contributed by atoms with Gasteiger partial charge in [-0.3, -0.25) is 4.79 Å². The summed E-state index contributed by atoms with van der Waals surface area (Å²) in [7, 11) is 3.90. The van der Waals surface area contributed by atoms with Crippen molar-refractivity contribution in [3.63, 3.8) is 0 Å². The smallest absolute Gasteiger partial charge is 0.324 e. The summed E-state index contributed by atoms with van der Waals surface area (Å²) >= 11 is 0.